The summed E-state index contributed by atoms with van der Waals surface area (Å²) in [7, 11) is 5.82. The van der Waals surface area contributed by atoms with E-state index in [-0.39, 0.29) is 11.7 Å². The summed E-state index contributed by atoms with van der Waals surface area (Å²) in [5, 5.41) is 13.6. The maximum absolute atomic E-state index is 12.1. The van der Waals surface area contributed by atoms with Crippen LogP contribution in [0.1, 0.15) is 5.56 Å². The van der Waals surface area contributed by atoms with Crippen LogP contribution in [0, 0.1) is 0 Å². The molecule has 0 aliphatic heterocycles. The molecule has 0 fully saturated rings. The first-order valence-electron chi connectivity index (χ1n) is 8.81. The van der Waals surface area contributed by atoms with Crippen molar-refractivity contribution in [1.82, 2.24) is 20.2 Å². The highest BCUT2D eigenvalue weighted by Gasteiger charge is 2.13. The first kappa shape index (κ1) is 20.9. The molecule has 1 N–H and O–H groups in total. The Morgan fingerprint density at radius 1 is 1.24 bits per heavy atom. The third-order valence-electron chi connectivity index (χ3n) is 4.06. The minimum atomic E-state index is -0.219. The number of rotatable bonds is 7. The summed E-state index contributed by atoms with van der Waals surface area (Å²) in [5.74, 6) is 0.649. The number of carbonyl (C=O) groups excluding carboxylic acids is 1. The van der Waals surface area contributed by atoms with Crippen LogP contribution in [0.4, 0.5) is 5.69 Å². The highest BCUT2D eigenvalue weighted by Crippen LogP contribution is 2.24. The highest BCUT2D eigenvalue weighted by atomic mass is 35.5. The number of nitrogens with one attached hydrogen (secondary N) is 1. The number of aromatic nitrogens is 3. The molecule has 2 aromatic carbocycles. The van der Waals surface area contributed by atoms with E-state index in [4.69, 9.17) is 11.6 Å². The van der Waals surface area contributed by atoms with Crippen LogP contribution in [0.25, 0.3) is 11.4 Å². The monoisotopic (exact) mass is 428 g/mol. The van der Waals surface area contributed by atoms with Gasteiger partial charge in [0.15, 0.2) is 11.0 Å². The van der Waals surface area contributed by atoms with Gasteiger partial charge in [0.2, 0.25) is 0 Å². The van der Waals surface area contributed by atoms with Crippen LogP contribution in [0.5, 0.6) is 0 Å². The van der Waals surface area contributed by atoms with Gasteiger partial charge in [0.1, 0.15) is 0 Å². The fourth-order valence-corrected chi connectivity index (χ4v) is 3.41. The van der Waals surface area contributed by atoms with Gasteiger partial charge in [-0.1, -0.05) is 47.6 Å². The predicted octanol–water partition coefficient (Wildman–Crippen LogP) is 3.44. The lowest BCUT2D eigenvalue weighted by Crippen LogP contribution is -2.19. The molecule has 1 amide bonds. The Morgan fingerprint density at radius 3 is 2.69 bits per heavy atom. The van der Waals surface area contributed by atoms with Crippen LogP contribution in [0.2, 0.25) is 5.02 Å². The average Bonchev–Trinajstić information content (AvgIpc) is 3.07. The number of hydrogen-bond donors (Lipinski definition) is 1. The van der Waals surface area contributed by atoms with E-state index >= 15 is 0 Å². The van der Waals surface area contributed by atoms with E-state index in [0.717, 1.165) is 16.8 Å². The van der Waals surface area contributed by atoms with Gasteiger partial charge in [0, 0.05) is 37.4 Å². The molecule has 150 valence electrons. The number of benzene rings is 2. The van der Waals surface area contributed by atoms with Crippen molar-refractivity contribution in [1.29, 1.82) is 0 Å². The summed E-state index contributed by atoms with van der Waals surface area (Å²) in [6.45, 7) is 0. The molecule has 9 heteroatoms. The minimum Gasteiger partial charge on any atom is -0.378 e. The van der Waals surface area contributed by atoms with Crippen molar-refractivity contribution in [2.75, 3.05) is 24.7 Å². The molecule has 7 nitrogen and oxygen atoms in total. The van der Waals surface area contributed by atoms with Crippen LogP contribution in [-0.2, 0) is 11.8 Å². The molecular weight excluding hydrogens is 408 g/mol. The molecule has 0 aliphatic rings. The minimum absolute atomic E-state index is 0.179. The quantitative estimate of drug-likeness (QED) is 0.354. The Labute approximate surface area is 178 Å². The Morgan fingerprint density at radius 2 is 2.00 bits per heavy atom. The molecule has 1 aromatic heterocycles. The molecule has 1 heterocycles. The first-order chi connectivity index (χ1) is 13.9. The molecule has 29 heavy (non-hydrogen) atoms. The lowest BCUT2D eigenvalue weighted by molar-refractivity contribution is -0.118. The second kappa shape index (κ2) is 9.58. The predicted molar refractivity (Wildman–Crippen MR) is 119 cm³/mol. The largest absolute Gasteiger partial charge is 0.378 e. The van der Waals surface area contributed by atoms with Gasteiger partial charge in [0.05, 0.1) is 12.0 Å². The summed E-state index contributed by atoms with van der Waals surface area (Å²) >= 11 is 7.33. The molecule has 0 bridgehead atoms. The van der Waals surface area contributed by atoms with Crippen LogP contribution < -0.4 is 10.3 Å². The number of amides is 1. The molecule has 3 aromatic rings. The van der Waals surface area contributed by atoms with Crippen molar-refractivity contribution in [2.24, 2.45) is 12.1 Å². The topological polar surface area (TPSA) is 75.4 Å². The lowest BCUT2D eigenvalue weighted by atomic mass is 10.2. The fourth-order valence-electron chi connectivity index (χ4n) is 2.52. The maximum atomic E-state index is 12.1. The van der Waals surface area contributed by atoms with Crippen LogP contribution in [-0.4, -0.2) is 46.7 Å². The van der Waals surface area contributed by atoms with Crippen LogP contribution in [0.3, 0.4) is 0 Å². The van der Waals surface area contributed by atoms with Gasteiger partial charge >= 0.3 is 0 Å². The fraction of sp³-hybridized carbons (Fsp3) is 0.200. The smallest absolute Gasteiger partial charge is 0.250 e. The van der Waals surface area contributed by atoms with Crippen molar-refractivity contribution in [3.8, 4) is 11.4 Å². The van der Waals surface area contributed by atoms with E-state index in [1.807, 2.05) is 73.1 Å². The molecule has 0 radical (unpaired) electrons. The number of carbonyl (C=O) groups is 1. The van der Waals surface area contributed by atoms with Crippen molar-refractivity contribution in [3.05, 3.63) is 59.1 Å². The van der Waals surface area contributed by atoms with Gasteiger partial charge < -0.3 is 9.47 Å². The van der Waals surface area contributed by atoms with E-state index in [2.05, 4.69) is 20.7 Å². The van der Waals surface area contributed by atoms with E-state index < -0.39 is 0 Å². The van der Waals surface area contributed by atoms with Gasteiger partial charge in [-0.2, -0.15) is 5.10 Å². The molecule has 0 atom stereocenters. The Kier molecular flexibility index (Phi) is 6.90. The van der Waals surface area contributed by atoms with Crippen molar-refractivity contribution >= 4 is 41.2 Å². The Hall–Kier alpha value is -2.84. The number of anilines is 1. The average molecular weight is 429 g/mol. The summed E-state index contributed by atoms with van der Waals surface area (Å²) in [4.78, 5) is 14.1. The third-order valence-corrected chi connectivity index (χ3v) is 5.32. The zero-order valence-electron chi connectivity index (χ0n) is 16.3. The van der Waals surface area contributed by atoms with Gasteiger partial charge in [-0.05, 0) is 29.8 Å². The molecule has 0 aliphatic carbocycles. The second-order valence-corrected chi connectivity index (χ2v) is 7.82. The zero-order chi connectivity index (χ0) is 20.8. The molecule has 0 saturated carbocycles. The number of hydrogen-bond acceptors (Lipinski definition) is 6. The van der Waals surface area contributed by atoms with Crippen LogP contribution in [0.15, 0.2) is 58.8 Å². The highest BCUT2D eigenvalue weighted by molar-refractivity contribution is 7.99. The Bertz CT molecular complexity index is 1020. The standard InChI is InChI=1S/C20H21ClN6OS/c1-26(2)17-9-7-14(8-10-17)12-22-23-18(28)13-29-20-25-24-19(27(20)3)15-5-4-6-16(21)11-15/h4-12H,13H2,1-3H3,(H,23,28)/b22-12+. The molecule has 0 spiro atoms. The lowest BCUT2D eigenvalue weighted by Gasteiger charge is -2.11. The van der Waals surface area contributed by atoms with Crippen molar-refractivity contribution < 1.29 is 4.79 Å². The second-order valence-electron chi connectivity index (χ2n) is 6.44. The van der Waals surface area contributed by atoms with E-state index in [1.54, 1.807) is 12.3 Å². The van der Waals surface area contributed by atoms with E-state index in [1.165, 1.54) is 11.8 Å². The normalized spacial score (nSPS) is 11.0. The third kappa shape index (κ3) is 5.58. The number of thioether (sulfide) groups is 1. The SMILES string of the molecule is CN(C)c1ccc(/C=N/NC(=O)CSc2nnc(-c3cccc(Cl)c3)n2C)cc1. The number of hydrazone groups is 1. The summed E-state index contributed by atoms with van der Waals surface area (Å²) < 4.78 is 1.83. The molecule has 0 saturated heterocycles. The van der Waals surface area contributed by atoms with Gasteiger partial charge in [-0.3, -0.25) is 4.79 Å². The number of halogens is 1. The molecule has 0 unspecified atom stereocenters. The Balaban J connectivity index is 1.53. The van der Waals surface area contributed by atoms with Crippen molar-refractivity contribution in [2.45, 2.75) is 5.16 Å². The van der Waals surface area contributed by atoms with Crippen LogP contribution >= 0.6 is 23.4 Å². The summed E-state index contributed by atoms with van der Waals surface area (Å²) in [6, 6.07) is 15.3. The summed E-state index contributed by atoms with van der Waals surface area (Å²) in [6.07, 6.45) is 1.61. The molecular formula is C20H21ClN6OS. The van der Waals surface area contributed by atoms with E-state index in [9.17, 15) is 4.79 Å². The first-order valence-corrected chi connectivity index (χ1v) is 10.2. The maximum Gasteiger partial charge on any atom is 0.250 e. The number of nitrogens with zero attached hydrogens (tertiary/aromatic N) is 5. The zero-order valence-corrected chi connectivity index (χ0v) is 17.9. The van der Waals surface area contributed by atoms with Gasteiger partial charge in [0.25, 0.3) is 5.91 Å². The molecule has 3 rings (SSSR count). The van der Waals surface area contributed by atoms with Gasteiger partial charge in [-0.15, -0.1) is 10.2 Å². The summed E-state index contributed by atoms with van der Waals surface area (Å²) in [5.41, 5.74) is 5.40. The van der Waals surface area contributed by atoms with E-state index in [0.29, 0.717) is 16.0 Å². The van der Waals surface area contributed by atoms with Crippen molar-refractivity contribution in [3.63, 3.8) is 0 Å². The van der Waals surface area contributed by atoms with Gasteiger partial charge in [-0.25, -0.2) is 5.43 Å².